The van der Waals surface area contributed by atoms with Gasteiger partial charge in [0.1, 0.15) is 11.3 Å². The van der Waals surface area contributed by atoms with E-state index in [-0.39, 0.29) is 22.0 Å². The van der Waals surface area contributed by atoms with Gasteiger partial charge in [0.05, 0.1) is 5.75 Å². The number of nitrogens with zero attached hydrogens (tertiary/aromatic N) is 1. The highest BCUT2D eigenvalue weighted by molar-refractivity contribution is 7.99. The maximum Gasteiger partial charge on any atom is 0.441 e. The number of carbonyl (C=O) groups is 2. The molecule has 0 saturated heterocycles. The molecule has 0 unspecified atom stereocenters. The number of hydrogen-bond acceptors (Lipinski definition) is 6. The van der Waals surface area contributed by atoms with Gasteiger partial charge in [-0.15, -0.1) is 0 Å². The first kappa shape index (κ1) is 15.6. The summed E-state index contributed by atoms with van der Waals surface area (Å²) in [7, 11) is 1.56. The molecule has 0 atom stereocenters. The number of anilines is 1. The van der Waals surface area contributed by atoms with Crippen LogP contribution in [0.3, 0.4) is 0 Å². The third-order valence-corrected chi connectivity index (χ3v) is 3.73. The fourth-order valence-electron chi connectivity index (χ4n) is 1.60. The van der Waals surface area contributed by atoms with Crippen molar-refractivity contribution in [2.45, 2.75) is 5.03 Å². The Bertz CT molecular complexity index is 781. The molecule has 0 aliphatic carbocycles. The predicted molar refractivity (Wildman–Crippen MR) is 74.9 cm³/mol. The molecule has 9 nitrogen and oxygen atoms in total. The van der Waals surface area contributed by atoms with Gasteiger partial charge < -0.3 is 15.5 Å². The second-order valence-corrected chi connectivity index (χ2v) is 5.18. The normalized spacial score (nSPS) is 10.4. The van der Waals surface area contributed by atoms with Crippen LogP contribution in [0.1, 0.15) is 10.4 Å². The second kappa shape index (κ2) is 6.35. The number of amides is 1. The van der Waals surface area contributed by atoms with Gasteiger partial charge in [0.25, 0.3) is 0 Å². The molecule has 4 N–H and O–H groups in total. The molecule has 0 fully saturated rings. The van der Waals surface area contributed by atoms with E-state index in [1.54, 1.807) is 7.05 Å². The van der Waals surface area contributed by atoms with Crippen LogP contribution in [0.25, 0.3) is 0 Å². The van der Waals surface area contributed by atoms with Gasteiger partial charge in [-0.2, -0.15) is 0 Å². The molecule has 1 heterocycles. The smallest absolute Gasteiger partial charge is 0.441 e. The molecular formula is C12H12N3O6S+. The lowest BCUT2D eigenvalue weighted by Crippen LogP contribution is -2.34. The number of benzene rings is 1. The lowest BCUT2D eigenvalue weighted by molar-refractivity contribution is -0.772. The minimum atomic E-state index is -1.31. The summed E-state index contributed by atoms with van der Waals surface area (Å²) in [5.74, 6) is -2.20. The lowest BCUT2D eigenvalue weighted by atomic mass is 10.2. The average molecular weight is 326 g/mol. The average Bonchev–Trinajstić information content (AvgIpc) is 2.77. The van der Waals surface area contributed by atoms with Crippen LogP contribution in [0.5, 0.6) is 5.75 Å². The van der Waals surface area contributed by atoms with E-state index in [0.717, 1.165) is 17.8 Å². The number of aromatic amines is 1. The molecule has 10 heteroatoms. The van der Waals surface area contributed by atoms with E-state index in [1.165, 1.54) is 16.8 Å². The number of carbonyl (C=O) groups excluding carboxylic acids is 1. The Morgan fingerprint density at radius 3 is 2.77 bits per heavy atom. The number of aryl methyl sites for hydroxylation is 1. The van der Waals surface area contributed by atoms with Crippen molar-refractivity contribution in [1.82, 2.24) is 5.27 Å². The van der Waals surface area contributed by atoms with Crippen molar-refractivity contribution in [1.29, 1.82) is 0 Å². The van der Waals surface area contributed by atoms with Crippen LogP contribution in [0, 0.1) is 0 Å². The van der Waals surface area contributed by atoms with Gasteiger partial charge in [0.15, 0.2) is 7.05 Å². The number of rotatable bonds is 5. The molecule has 0 spiro atoms. The van der Waals surface area contributed by atoms with Crippen LogP contribution in [0.4, 0.5) is 5.69 Å². The third kappa shape index (κ3) is 3.47. The van der Waals surface area contributed by atoms with Crippen molar-refractivity contribution in [2.75, 3.05) is 11.1 Å². The van der Waals surface area contributed by atoms with Crippen LogP contribution in [-0.4, -0.2) is 33.1 Å². The van der Waals surface area contributed by atoms with Gasteiger partial charge >= 0.3 is 16.6 Å². The number of carboxylic acids is 1. The Balaban J connectivity index is 2.02. The van der Waals surface area contributed by atoms with Crippen LogP contribution in [0.15, 0.2) is 32.5 Å². The van der Waals surface area contributed by atoms with E-state index in [1.807, 2.05) is 0 Å². The fourth-order valence-corrected chi connectivity index (χ4v) is 2.33. The molecule has 0 aliphatic heterocycles. The van der Waals surface area contributed by atoms with E-state index >= 15 is 0 Å². The van der Waals surface area contributed by atoms with Crippen molar-refractivity contribution in [2.24, 2.45) is 7.05 Å². The zero-order chi connectivity index (χ0) is 16.3. The molecule has 22 heavy (non-hydrogen) atoms. The van der Waals surface area contributed by atoms with Gasteiger partial charge in [-0.3, -0.25) is 9.32 Å². The minimum absolute atomic E-state index is 0.0697. The predicted octanol–water partition coefficient (Wildman–Crippen LogP) is -0.0730. The highest BCUT2D eigenvalue weighted by Crippen LogP contribution is 2.21. The monoisotopic (exact) mass is 326 g/mol. The van der Waals surface area contributed by atoms with Crippen molar-refractivity contribution in [3.8, 4) is 5.75 Å². The summed E-state index contributed by atoms with van der Waals surface area (Å²) in [6.45, 7) is 0. The van der Waals surface area contributed by atoms with E-state index < -0.39 is 23.3 Å². The maximum absolute atomic E-state index is 11.8. The van der Waals surface area contributed by atoms with Crippen LogP contribution >= 0.6 is 11.8 Å². The largest absolute Gasteiger partial charge is 0.507 e. The van der Waals surface area contributed by atoms with Crippen LogP contribution in [0.2, 0.25) is 0 Å². The number of H-pyrrole nitrogens is 1. The SMILES string of the molecule is C[n+]1[nH]oc(=O)c1SCC(=O)Nc1ccc(O)c(C(=O)O)c1. The lowest BCUT2D eigenvalue weighted by Gasteiger charge is -2.06. The van der Waals surface area contributed by atoms with E-state index in [4.69, 9.17) is 5.11 Å². The number of aromatic nitrogens is 2. The first-order chi connectivity index (χ1) is 10.4. The molecule has 0 bridgehead atoms. The van der Waals surface area contributed by atoms with Crippen molar-refractivity contribution in [3.63, 3.8) is 0 Å². The van der Waals surface area contributed by atoms with Crippen LogP contribution < -0.4 is 15.6 Å². The summed E-state index contributed by atoms with van der Waals surface area (Å²) >= 11 is 0.969. The molecule has 0 radical (unpaired) electrons. The molecule has 1 amide bonds. The maximum atomic E-state index is 11.8. The molecule has 116 valence electrons. The summed E-state index contributed by atoms with van der Waals surface area (Å²) in [6, 6.07) is 3.69. The number of aromatic carboxylic acids is 1. The highest BCUT2D eigenvalue weighted by Gasteiger charge is 2.19. The summed E-state index contributed by atoms with van der Waals surface area (Å²) in [6.07, 6.45) is 0. The van der Waals surface area contributed by atoms with E-state index in [9.17, 15) is 19.5 Å². The fraction of sp³-hybridized carbons (Fsp3) is 0.167. The molecular weight excluding hydrogens is 314 g/mol. The first-order valence-electron chi connectivity index (χ1n) is 5.95. The molecule has 2 aromatic rings. The first-order valence-corrected chi connectivity index (χ1v) is 6.93. The summed E-state index contributed by atoms with van der Waals surface area (Å²) in [4.78, 5) is 34.0. The number of carboxylic acid groups (broad SMARTS) is 1. The Hall–Kier alpha value is -2.75. The van der Waals surface area contributed by atoms with E-state index in [0.29, 0.717) is 0 Å². The Kier molecular flexibility index (Phi) is 4.51. The standard InChI is InChI=1S/C12H11N3O6S/c1-15-10(12(20)21-14-15)22-5-9(17)13-6-2-3-8(16)7(4-6)11(18)19/h2-4,14H,5H2,1H3,(H2,18,19,20)/p+1. The zero-order valence-electron chi connectivity index (χ0n) is 11.3. The number of hydrogen-bond donors (Lipinski definition) is 4. The summed E-state index contributed by atoms with van der Waals surface area (Å²) in [5.41, 5.74) is -0.674. The third-order valence-electron chi connectivity index (χ3n) is 2.61. The Labute approximate surface area is 127 Å². The number of aromatic hydroxyl groups is 1. The summed E-state index contributed by atoms with van der Waals surface area (Å²) in [5, 5.41) is 23.3. The van der Waals surface area contributed by atoms with Crippen molar-refractivity contribution in [3.05, 3.63) is 34.2 Å². The van der Waals surface area contributed by atoms with Gasteiger partial charge in [0, 0.05) is 5.69 Å². The topological polar surface area (TPSA) is 137 Å². The second-order valence-electron chi connectivity index (χ2n) is 4.22. The van der Waals surface area contributed by atoms with E-state index in [2.05, 4.69) is 15.1 Å². The molecule has 0 aliphatic rings. The van der Waals surface area contributed by atoms with Crippen molar-refractivity contribution < 1.29 is 29.0 Å². The van der Waals surface area contributed by atoms with Crippen molar-refractivity contribution >= 4 is 29.3 Å². The van der Waals surface area contributed by atoms with Crippen LogP contribution in [-0.2, 0) is 11.8 Å². The van der Waals surface area contributed by atoms with Gasteiger partial charge in [-0.1, -0.05) is 4.68 Å². The Morgan fingerprint density at radius 1 is 1.45 bits per heavy atom. The Morgan fingerprint density at radius 2 is 2.18 bits per heavy atom. The molecule has 1 aromatic heterocycles. The number of phenols is 1. The van der Waals surface area contributed by atoms with Gasteiger partial charge in [0.2, 0.25) is 5.91 Å². The summed E-state index contributed by atoms with van der Waals surface area (Å²) < 4.78 is 5.87. The van der Waals surface area contributed by atoms with Gasteiger partial charge in [-0.25, -0.2) is 9.59 Å². The minimum Gasteiger partial charge on any atom is -0.507 e. The quantitative estimate of drug-likeness (QED) is 0.343. The molecule has 0 saturated carbocycles. The molecule has 1 aromatic carbocycles. The zero-order valence-corrected chi connectivity index (χ0v) is 12.1. The number of nitrogens with one attached hydrogen (secondary N) is 2. The number of thioether (sulfide) groups is 1. The highest BCUT2D eigenvalue weighted by atomic mass is 32.2. The van der Waals surface area contributed by atoms with Gasteiger partial charge in [-0.05, 0) is 35.2 Å². The molecule has 2 rings (SSSR count).